The summed E-state index contributed by atoms with van der Waals surface area (Å²) in [6.07, 6.45) is 0. The van der Waals surface area contributed by atoms with Crippen molar-refractivity contribution in [2.45, 2.75) is 0 Å². The van der Waals surface area contributed by atoms with Gasteiger partial charge in [0.25, 0.3) is 0 Å². The summed E-state index contributed by atoms with van der Waals surface area (Å²) >= 11 is 0. The van der Waals surface area contributed by atoms with Crippen molar-refractivity contribution in [3.05, 3.63) is 30.3 Å². The van der Waals surface area contributed by atoms with E-state index in [-0.39, 0.29) is 130 Å². The van der Waals surface area contributed by atoms with E-state index in [4.69, 9.17) is 17.5 Å². The van der Waals surface area contributed by atoms with E-state index in [2.05, 4.69) is 5.32 Å². The molecule has 16 heavy (non-hydrogen) atoms. The summed E-state index contributed by atoms with van der Waals surface area (Å²) in [5.41, 5.74) is 1.16. The maximum atomic E-state index is 8.74. The molecular formula is C7H14IK2NO4S. The second-order valence-electron chi connectivity index (χ2n) is 2.06. The molecule has 3 N–H and O–H groups in total. The van der Waals surface area contributed by atoms with E-state index in [0.29, 0.717) is 0 Å². The molecule has 0 aliphatic heterocycles. The zero-order valence-corrected chi connectivity index (χ0v) is 18.8. The van der Waals surface area contributed by atoms with Gasteiger partial charge in [0.15, 0.2) is 0 Å². The molecule has 0 aliphatic rings. The summed E-state index contributed by atoms with van der Waals surface area (Å²) in [4.78, 5) is 0. The summed E-state index contributed by atoms with van der Waals surface area (Å²) in [5.74, 6) is 0. The van der Waals surface area contributed by atoms with Crippen molar-refractivity contribution in [2.75, 3.05) is 12.4 Å². The largest absolute Gasteiger partial charge is 1.00 e. The second-order valence-corrected chi connectivity index (χ2v) is 2.96. The molecule has 9 heteroatoms. The van der Waals surface area contributed by atoms with Crippen molar-refractivity contribution in [1.29, 1.82) is 0 Å². The summed E-state index contributed by atoms with van der Waals surface area (Å²) in [5, 5.41) is 3.03. The van der Waals surface area contributed by atoms with Crippen molar-refractivity contribution in [3.63, 3.8) is 0 Å². The van der Waals surface area contributed by atoms with Gasteiger partial charge in [-0.05, 0) is 12.1 Å². The summed E-state index contributed by atoms with van der Waals surface area (Å²) < 4.78 is 31.6. The molecule has 1 aromatic carbocycles. The van der Waals surface area contributed by atoms with Gasteiger partial charge < -0.3 is 8.17 Å². The third-order valence-corrected chi connectivity index (χ3v) is 1.06. The summed E-state index contributed by atoms with van der Waals surface area (Å²) in [7, 11) is -2.75. The van der Waals surface area contributed by atoms with Crippen LogP contribution in [0.3, 0.4) is 0 Å². The predicted molar refractivity (Wildman–Crippen MR) is 67.8 cm³/mol. The van der Waals surface area contributed by atoms with Crippen molar-refractivity contribution >= 4 is 40.1 Å². The molecule has 86 valence electrons. The number of rotatable bonds is 1. The third-order valence-electron chi connectivity index (χ3n) is 1.06. The number of hydrogen-bond acceptors (Lipinski definition) is 3. The average molecular weight is 413 g/mol. The first kappa shape index (κ1) is 27.3. The molecule has 0 aromatic heterocycles. The van der Waals surface area contributed by atoms with Crippen LogP contribution in [0.4, 0.5) is 5.69 Å². The molecule has 1 aromatic rings. The van der Waals surface area contributed by atoms with Gasteiger partial charge in [0.2, 0.25) is 0 Å². The fraction of sp³-hybridized carbons (Fsp3) is 0.143. The number of benzene rings is 1. The Labute approximate surface area is 201 Å². The van der Waals surface area contributed by atoms with Crippen molar-refractivity contribution in [2.24, 2.45) is 0 Å². The first-order valence-electron chi connectivity index (χ1n) is 3.36. The van der Waals surface area contributed by atoms with E-state index in [1.807, 2.05) is 37.4 Å². The van der Waals surface area contributed by atoms with Gasteiger partial charge in [-0.15, -0.1) is 24.0 Å². The molecule has 0 saturated carbocycles. The van der Waals surface area contributed by atoms with Crippen LogP contribution in [-0.2, 0) is 10.4 Å². The van der Waals surface area contributed by atoms with Crippen LogP contribution < -0.4 is 108 Å². The molecule has 0 atom stereocenters. The van der Waals surface area contributed by atoms with Gasteiger partial charge >= 0.3 is 113 Å². The normalized spacial score (nSPS) is 7.94. The number of anilines is 1. The Hall–Kier alpha value is 2.89. The molecular weight excluding hydrogens is 399 g/mol. The van der Waals surface area contributed by atoms with E-state index in [9.17, 15) is 0 Å². The molecule has 0 spiro atoms. The molecule has 0 unspecified atom stereocenters. The Kier molecular flexibility index (Phi) is 27.2. The Morgan fingerprint density at radius 2 is 1.44 bits per heavy atom. The minimum Gasteiger partial charge on any atom is -1.00 e. The molecule has 0 aliphatic carbocycles. The van der Waals surface area contributed by atoms with Crippen LogP contribution >= 0.6 is 24.0 Å². The first-order valence-corrected chi connectivity index (χ1v) is 4.76. The van der Waals surface area contributed by atoms with E-state index in [1.54, 1.807) is 0 Å². The minimum absolute atomic E-state index is 0. The number of halogens is 1. The monoisotopic (exact) mass is 413 g/mol. The van der Waals surface area contributed by atoms with Crippen molar-refractivity contribution in [1.82, 2.24) is 0 Å². The predicted octanol–water partition coefficient (Wildman–Crippen LogP) is -4.07. The van der Waals surface area contributed by atoms with E-state index in [1.165, 1.54) is 0 Å². The summed E-state index contributed by atoms with van der Waals surface area (Å²) in [6, 6.07) is 10.1. The smallest absolute Gasteiger partial charge is 1.00 e. The van der Waals surface area contributed by atoms with E-state index < -0.39 is 10.4 Å². The van der Waals surface area contributed by atoms with Gasteiger partial charge in [-0.25, -0.2) is 0 Å². The van der Waals surface area contributed by atoms with Crippen molar-refractivity contribution in [3.8, 4) is 0 Å². The maximum absolute atomic E-state index is 8.74. The van der Waals surface area contributed by atoms with Gasteiger partial charge in [-0.2, -0.15) is 8.42 Å². The van der Waals surface area contributed by atoms with Gasteiger partial charge in [-0.3, -0.25) is 9.11 Å². The fourth-order valence-electron chi connectivity index (χ4n) is 0.605. The van der Waals surface area contributed by atoms with Crippen LogP contribution in [0.15, 0.2) is 30.3 Å². The molecule has 0 radical (unpaired) electrons. The van der Waals surface area contributed by atoms with Crippen LogP contribution in [0.2, 0.25) is 0 Å². The van der Waals surface area contributed by atoms with Gasteiger partial charge in [0.05, 0.1) is 0 Å². The standard InChI is InChI=1S/C7H9N.HI.2K.H2O4S.2H/c1-8-7-5-3-2-4-6-7;;;;1-5(2,3)4;;/h2-6,8H,1H3;1H;;;(H2,1,2,3,4);;/q;;2*+1;;2*-1. The van der Waals surface area contributed by atoms with E-state index >= 15 is 0 Å². The molecule has 0 saturated heterocycles. The fourth-order valence-corrected chi connectivity index (χ4v) is 0.605. The molecule has 0 fully saturated rings. The zero-order chi connectivity index (χ0) is 10.3. The Morgan fingerprint density at radius 1 is 1.12 bits per heavy atom. The van der Waals surface area contributed by atoms with Gasteiger partial charge in [-0.1, -0.05) is 18.2 Å². The second kappa shape index (κ2) is 15.9. The number of nitrogens with one attached hydrogen (secondary N) is 1. The molecule has 0 bridgehead atoms. The van der Waals surface area contributed by atoms with Crippen LogP contribution in [0.1, 0.15) is 2.85 Å². The SMILES string of the molecule is CNc1ccccc1.I.O=S(=O)(O)O.[H-].[H-].[K+].[K+]. The van der Waals surface area contributed by atoms with Gasteiger partial charge in [0.1, 0.15) is 0 Å². The average Bonchev–Trinajstić information content (AvgIpc) is 2.03. The molecule has 1 rings (SSSR count). The van der Waals surface area contributed by atoms with Gasteiger partial charge in [0, 0.05) is 12.7 Å². The van der Waals surface area contributed by atoms with Crippen LogP contribution in [-0.4, -0.2) is 24.6 Å². The zero-order valence-electron chi connectivity index (χ0n) is 11.4. The minimum atomic E-state index is -4.67. The Bertz CT molecular complexity index is 337. The Morgan fingerprint density at radius 3 is 1.62 bits per heavy atom. The van der Waals surface area contributed by atoms with Crippen LogP contribution in [0.5, 0.6) is 0 Å². The van der Waals surface area contributed by atoms with Crippen molar-refractivity contribution < 1.29 is 123 Å². The number of para-hydroxylation sites is 1. The molecule has 0 heterocycles. The first-order chi connectivity index (χ1) is 5.93. The number of hydrogen-bond donors (Lipinski definition) is 3. The molecule has 0 amide bonds. The molecule has 5 nitrogen and oxygen atoms in total. The Balaban J connectivity index is -0.0000000332. The quantitative estimate of drug-likeness (QED) is 0.248. The third kappa shape index (κ3) is 25.7. The van der Waals surface area contributed by atoms with E-state index in [0.717, 1.165) is 5.69 Å². The summed E-state index contributed by atoms with van der Waals surface area (Å²) in [6.45, 7) is 0. The topological polar surface area (TPSA) is 86.6 Å². The maximum Gasteiger partial charge on any atom is 1.00 e. The van der Waals surface area contributed by atoms with Crippen LogP contribution in [0.25, 0.3) is 0 Å². The van der Waals surface area contributed by atoms with Crippen LogP contribution in [0, 0.1) is 0 Å².